The monoisotopic (exact) mass is 355 g/mol. The molecule has 6 nitrogen and oxygen atoms in total. The van der Waals surface area contributed by atoms with Gasteiger partial charge in [-0.1, -0.05) is 17.7 Å². The zero-order chi connectivity index (χ0) is 17.6. The maximum atomic E-state index is 11.8. The first-order valence-corrected chi connectivity index (χ1v) is 7.91. The first kappa shape index (κ1) is 16.9. The summed E-state index contributed by atoms with van der Waals surface area (Å²) in [7, 11) is 0. The fourth-order valence-corrected chi connectivity index (χ4v) is 2.27. The lowest BCUT2D eigenvalue weighted by Crippen LogP contribution is -2.05. The Labute approximate surface area is 149 Å². The van der Waals surface area contributed by atoms with Gasteiger partial charge in [-0.15, -0.1) is 0 Å². The molecule has 3 aromatic rings. The van der Waals surface area contributed by atoms with E-state index < -0.39 is 5.97 Å². The van der Waals surface area contributed by atoms with Crippen LogP contribution in [0.15, 0.2) is 55.1 Å². The van der Waals surface area contributed by atoms with Gasteiger partial charge in [0.1, 0.15) is 5.75 Å². The van der Waals surface area contributed by atoms with Crippen LogP contribution in [0, 0.1) is 0 Å². The van der Waals surface area contributed by atoms with Crippen LogP contribution in [0.1, 0.15) is 17.3 Å². The highest BCUT2D eigenvalue weighted by Gasteiger charge is 2.10. The van der Waals surface area contributed by atoms with E-state index in [1.165, 1.54) is 12.4 Å². The summed E-state index contributed by atoms with van der Waals surface area (Å²) >= 11 is 5.94. The number of hydrogen-bond donors (Lipinski definition) is 0. The molecule has 0 aliphatic carbocycles. The van der Waals surface area contributed by atoms with Crippen LogP contribution in [-0.2, 0) is 4.74 Å². The minimum atomic E-state index is -0.434. The first-order valence-electron chi connectivity index (χ1n) is 7.53. The molecule has 0 saturated carbocycles. The minimum Gasteiger partial charge on any atom is -0.462 e. The Kier molecular flexibility index (Phi) is 5.20. The molecule has 0 spiro atoms. The van der Waals surface area contributed by atoms with Gasteiger partial charge in [0.15, 0.2) is 0 Å². The summed E-state index contributed by atoms with van der Waals surface area (Å²) in [6, 6.07) is 8.63. The van der Waals surface area contributed by atoms with Crippen LogP contribution < -0.4 is 4.74 Å². The number of carbonyl (C=O) groups is 1. The molecule has 0 saturated heterocycles. The van der Waals surface area contributed by atoms with Gasteiger partial charge in [0, 0.05) is 23.0 Å². The lowest BCUT2D eigenvalue weighted by atomic mass is 10.1. The van der Waals surface area contributed by atoms with Crippen LogP contribution >= 0.6 is 11.6 Å². The molecule has 0 aliphatic rings. The lowest BCUT2D eigenvalue weighted by Gasteiger charge is -2.07. The van der Waals surface area contributed by atoms with Crippen molar-refractivity contribution in [1.29, 1.82) is 0 Å². The first-order chi connectivity index (χ1) is 12.2. The summed E-state index contributed by atoms with van der Waals surface area (Å²) in [5.41, 5.74) is 1.51. The van der Waals surface area contributed by atoms with Gasteiger partial charge in [0.25, 0.3) is 0 Å². The molecule has 0 atom stereocenters. The third kappa shape index (κ3) is 4.30. The van der Waals surface area contributed by atoms with Gasteiger partial charge in [-0.25, -0.2) is 9.78 Å². The molecule has 0 N–H and O–H groups in total. The highest BCUT2D eigenvalue weighted by atomic mass is 35.5. The van der Waals surface area contributed by atoms with Crippen molar-refractivity contribution in [2.75, 3.05) is 6.61 Å². The number of hydrogen-bond acceptors (Lipinski definition) is 6. The Hall–Kier alpha value is -2.99. The zero-order valence-electron chi connectivity index (χ0n) is 13.3. The Morgan fingerprint density at radius 3 is 2.76 bits per heavy atom. The molecule has 7 heteroatoms. The largest absolute Gasteiger partial charge is 0.462 e. The van der Waals surface area contributed by atoms with E-state index in [0.717, 1.165) is 0 Å². The second kappa shape index (κ2) is 7.72. The molecule has 25 heavy (non-hydrogen) atoms. The van der Waals surface area contributed by atoms with Crippen molar-refractivity contribution in [2.24, 2.45) is 0 Å². The molecule has 0 unspecified atom stereocenters. The number of esters is 1. The summed E-state index contributed by atoms with van der Waals surface area (Å²) in [6.45, 7) is 2.04. The third-order valence-corrected chi connectivity index (χ3v) is 3.41. The van der Waals surface area contributed by atoms with E-state index in [-0.39, 0.29) is 0 Å². The number of halogens is 1. The van der Waals surface area contributed by atoms with Crippen molar-refractivity contribution in [1.82, 2.24) is 15.0 Å². The molecule has 2 aromatic heterocycles. The van der Waals surface area contributed by atoms with Crippen molar-refractivity contribution < 1.29 is 14.3 Å². The van der Waals surface area contributed by atoms with E-state index in [4.69, 9.17) is 21.1 Å². The number of ether oxygens (including phenoxy) is 2. The number of carbonyl (C=O) groups excluding carboxylic acids is 1. The van der Waals surface area contributed by atoms with E-state index in [0.29, 0.717) is 40.1 Å². The summed E-state index contributed by atoms with van der Waals surface area (Å²) in [5, 5.41) is 0.563. The molecular formula is C18H14ClN3O3. The van der Waals surface area contributed by atoms with Gasteiger partial charge in [-0.05, 0) is 31.2 Å². The highest BCUT2D eigenvalue weighted by Crippen LogP contribution is 2.24. The predicted octanol–water partition coefficient (Wildman–Crippen LogP) is 4.16. The number of benzene rings is 1. The van der Waals surface area contributed by atoms with E-state index in [2.05, 4.69) is 15.0 Å². The van der Waals surface area contributed by atoms with E-state index >= 15 is 0 Å². The average molecular weight is 356 g/mol. The van der Waals surface area contributed by atoms with Crippen LogP contribution in [0.25, 0.3) is 11.3 Å². The summed E-state index contributed by atoms with van der Waals surface area (Å²) in [4.78, 5) is 24.4. The van der Waals surface area contributed by atoms with Crippen LogP contribution in [0.2, 0.25) is 5.02 Å². The normalized spacial score (nSPS) is 10.3. The van der Waals surface area contributed by atoms with Crippen molar-refractivity contribution in [3.63, 3.8) is 0 Å². The quantitative estimate of drug-likeness (QED) is 0.640. The molecule has 0 aliphatic heterocycles. The predicted molar refractivity (Wildman–Crippen MR) is 92.7 cm³/mol. The molecular weight excluding hydrogens is 342 g/mol. The molecule has 0 amide bonds. The maximum absolute atomic E-state index is 11.8. The fraction of sp³-hybridized carbons (Fsp3) is 0.111. The second-order valence-electron chi connectivity index (χ2n) is 4.98. The maximum Gasteiger partial charge on any atom is 0.339 e. The molecule has 0 fully saturated rings. The highest BCUT2D eigenvalue weighted by molar-refractivity contribution is 6.30. The zero-order valence-corrected chi connectivity index (χ0v) is 14.1. The number of rotatable bonds is 5. The number of pyridine rings is 1. The van der Waals surface area contributed by atoms with Gasteiger partial charge in [-0.2, -0.15) is 0 Å². The standard InChI is InChI=1S/C18H14ClN3O3/c1-2-24-18(23)13-6-12(8-20-9-13)16-10-21-11-17(22-16)25-15-5-3-4-14(19)7-15/h3-11H,2H2,1H3. The van der Waals surface area contributed by atoms with Gasteiger partial charge >= 0.3 is 5.97 Å². The summed E-state index contributed by atoms with van der Waals surface area (Å²) in [6.07, 6.45) is 6.10. The molecule has 2 heterocycles. The summed E-state index contributed by atoms with van der Waals surface area (Å²) < 4.78 is 10.6. The second-order valence-corrected chi connectivity index (χ2v) is 5.42. The SMILES string of the molecule is CCOC(=O)c1cncc(-c2cncc(Oc3cccc(Cl)c3)n2)c1. The van der Waals surface area contributed by atoms with E-state index in [1.54, 1.807) is 49.6 Å². The van der Waals surface area contributed by atoms with Gasteiger partial charge in [-0.3, -0.25) is 9.97 Å². The molecule has 126 valence electrons. The van der Waals surface area contributed by atoms with Crippen LogP contribution in [-0.4, -0.2) is 27.5 Å². The molecule has 3 rings (SSSR count). The topological polar surface area (TPSA) is 74.2 Å². The Balaban J connectivity index is 1.86. The van der Waals surface area contributed by atoms with Crippen LogP contribution in [0.5, 0.6) is 11.6 Å². The van der Waals surface area contributed by atoms with Crippen molar-refractivity contribution in [3.05, 3.63) is 65.7 Å². The van der Waals surface area contributed by atoms with Crippen LogP contribution in [0.4, 0.5) is 0 Å². The summed E-state index contributed by atoms with van der Waals surface area (Å²) in [5.74, 6) is 0.426. The van der Waals surface area contributed by atoms with E-state index in [1.807, 2.05) is 0 Å². The van der Waals surface area contributed by atoms with Crippen molar-refractivity contribution in [2.45, 2.75) is 6.92 Å². The molecule has 1 aromatic carbocycles. The average Bonchev–Trinajstić information content (AvgIpc) is 2.62. The number of nitrogens with zero attached hydrogens (tertiary/aromatic N) is 3. The smallest absolute Gasteiger partial charge is 0.339 e. The Bertz CT molecular complexity index is 902. The molecule has 0 radical (unpaired) electrons. The lowest BCUT2D eigenvalue weighted by molar-refractivity contribution is 0.0526. The molecule has 0 bridgehead atoms. The van der Waals surface area contributed by atoms with E-state index in [9.17, 15) is 4.79 Å². The van der Waals surface area contributed by atoms with Crippen molar-refractivity contribution in [3.8, 4) is 22.9 Å². The fourth-order valence-electron chi connectivity index (χ4n) is 2.09. The Morgan fingerprint density at radius 1 is 1.12 bits per heavy atom. The van der Waals surface area contributed by atoms with Crippen LogP contribution in [0.3, 0.4) is 0 Å². The van der Waals surface area contributed by atoms with Gasteiger partial charge in [0.2, 0.25) is 5.88 Å². The van der Waals surface area contributed by atoms with Crippen molar-refractivity contribution >= 4 is 17.6 Å². The minimum absolute atomic E-state index is 0.297. The van der Waals surface area contributed by atoms with Gasteiger partial charge in [0.05, 0.1) is 30.3 Å². The number of aromatic nitrogens is 3. The Morgan fingerprint density at radius 2 is 1.96 bits per heavy atom. The third-order valence-electron chi connectivity index (χ3n) is 3.18. The van der Waals surface area contributed by atoms with Gasteiger partial charge < -0.3 is 9.47 Å².